The summed E-state index contributed by atoms with van der Waals surface area (Å²) in [6, 6.07) is 17.0. The number of aliphatic hydroxyl groups is 1. The number of ether oxygens (including phenoxy) is 2. The van der Waals surface area contributed by atoms with E-state index in [1.165, 1.54) is 18.4 Å². The largest absolute Gasteiger partial charge is 0.485 e. The summed E-state index contributed by atoms with van der Waals surface area (Å²) in [4.78, 5) is 16.1. The molecule has 43 heavy (non-hydrogen) atoms. The third kappa shape index (κ3) is 4.24. The van der Waals surface area contributed by atoms with Crippen LogP contribution in [0.25, 0.3) is 0 Å². The van der Waals surface area contributed by atoms with Crippen LogP contribution in [0, 0.1) is 11.8 Å². The SMILES string of the molecule is CC1CC[C@@]2(O)[C@H]3Cc4ccc(OC(=O)Cc5ccccc5Nc5c(Cl)cccc5Cl)c5c4[C@@]2(CCN3CC2CC2)C1O5. The van der Waals surface area contributed by atoms with Crippen molar-refractivity contribution in [3.63, 3.8) is 0 Å². The normalized spacial score (nSPS) is 30.4. The van der Waals surface area contributed by atoms with Crippen LogP contribution in [0.5, 0.6) is 11.5 Å². The van der Waals surface area contributed by atoms with Crippen molar-refractivity contribution in [1.82, 2.24) is 4.90 Å². The summed E-state index contributed by atoms with van der Waals surface area (Å²) >= 11 is 12.8. The molecule has 0 radical (unpaired) electrons. The van der Waals surface area contributed by atoms with E-state index in [4.69, 9.17) is 32.7 Å². The molecule has 2 bridgehead atoms. The predicted molar refractivity (Wildman–Crippen MR) is 168 cm³/mol. The van der Waals surface area contributed by atoms with Crippen LogP contribution < -0.4 is 14.8 Å². The van der Waals surface area contributed by atoms with Crippen LogP contribution in [0.3, 0.4) is 0 Å². The minimum Gasteiger partial charge on any atom is -0.485 e. The highest BCUT2D eigenvalue weighted by Gasteiger charge is 2.72. The minimum atomic E-state index is -0.844. The Morgan fingerprint density at radius 2 is 1.86 bits per heavy atom. The van der Waals surface area contributed by atoms with Crippen molar-refractivity contribution >= 4 is 40.5 Å². The van der Waals surface area contributed by atoms with Gasteiger partial charge in [0.05, 0.1) is 33.2 Å². The Morgan fingerprint density at radius 3 is 2.65 bits per heavy atom. The zero-order valence-corrected chi connectivity index (χ0v) is 25.8. The molecule has 3 fully saturated rings. The molecule has 5 atom stereocenters. The number of carbonyl (C=O) groups excluding carboxylic acids is 1. The number of hydrogen-bond acceptors (Lipinski definition) is 6. The maximum Gasteiger partial charge on any atom is 0.315 e. The van der Waals surface area contributed by atoms with Gasteiger partial charge < -0.3 is 19.9 Å². The Morgan fingerprint density at radius 1 is 1.07 bits per heavy atom. The van der Waals surface area contributed by atoms with Crippen molar-refractivity contribution in [3.05, 3.63) is 81.3 Å². The molecule has 3 aromatic carbocycles. The molecule has 224 valence electrons. The third-order valence-corrected chi connectivity index (χ3v) is 11.5. The Hall–Kier alpha value is -2.77. The highest BCUT2D eigenvalue weighted by Crippen LogP contribution is 2.66. The Labute approximate surface area is 262 Å². The summed E-state index contributed by atoms with van der Waals surface area (Å²) in [5.74, 6) is 1.79. The molecular formula is C35H36Cl2N2O4. The molecule has 1 saturated heterocycles. The number of carbonyl (C=O) groups is 1. The Bertz CT molecular complexity index is 1610. The van der Waals surface area contributed by atoms with Crippen LogP contribution in [0.4, 0.5) is 11.4 Å². The van der Waals surface area contributed by atoms with Gasteiger partial charge in [0, 0.05) is 23.8 Å². The van der Waals surface area contributed by atoms with Gasteiger partial charge in [0.2, 0.25) is 0 Å². The topological polar surface area (TPSA) is 71.0 Å². The number of benzene rings is 3. The van der Waals surface area contributed by atoms with Crippen molar-refractivity contribution in [2.45, 2.75) is 75.0 Å². The fourth-order valence-electron chi connectivity index (χ4n) is 8.66. The Balaban J connectivity index is 1.10. The van der Waals surface area contributed by atoms with E-state index in [1.54, 1.807) is 18.2 Å². The van der Waals surface area contributed by atoms with Crippen LogP contribution in [0.2, 0.25) is 10.0 Å². The molecule has 0 aromatic heterocycles. The van der Waals surface area contributed by atoms with E-state index >= 15 is 0 Å². The average molecular weight is 620 g/mol. The Kier molecular flexibility index (Phi) is 6.54. The molecule has 2 unspecified atom stereocenters. The van der Waals surface area contributed by atoms with E-state index in [1.807, 2.05) is 30.3 Å². The third-order valence-electron chi connectivity index (χ3n) is 10.8. The van der Waals surface area contributed by atoms with Gasteiger partial charge >= 0.3 is 5.97 Å². The molecule has 0 amide bonds. The van der Waals surface area contributed by atoms with Gasteiger partial charge in [-0.2, -0.15) is 0 Å². The van der Waals surface area contributed by atoms with Crippen LogP contribution in [-0.2, 0) is 23.1 Å². The molecule has 2 N–H and O–H groups in total. The number of likely N-dealkylation sites (tertiary alicyclic amines) is 1. The van der Waals surface area contributed by atoms with Gasteiger partial charge in [-0.3, -0.25) is 9.69 Å². The molecule has 2 saturated carbocycles. The highest BCUT2D eigenvalue weighted by atomic mass is 35.5. The van der Waals surface area contributed by atoms with Gasteiger partial charge in [-0.15, -0.1) is 0 Å². The number of para-hydroxylation sites is 2. The second-order valence-corrected chi connectivity index (χ2v) is 14.1. The van der Waals surface area contributed by atoms with Crippen molar-refractivity contribution in [1.29, 1.82) is 0 Å². The lowest BCUT2D eigenvalue weighted by atomic mass is 9.47. The first kappa shape index (κ1) is 27.8. The molecule has 3 aliphatic carbocycles. The smallest absolute Gasteiger partial charge is 0.315 e. The number of anilines is 2. The van der Waals surface area contributed by atoms with E-state index in [9.17, 15) is 9.90 Å². The van der Waals surface area contributed by atoms with Gasteiger partial charge in [-0.1, -0.05) is 60.5 Å². The maximum atomic E-state index is 13.5. The zero-order chi connectivity index (χ0) is 29.5. The van der Waals surface area contributed by atoms with Crippen LogP contribution in [-0.4, -0.2) is 46.8 Å². The number of nitrogens with one attached hydrogen (secondary N) is 1. The van der Waals surface area contributed by atoms with Gasteiger partial charge in [-0.25, -0.2) is 0 Å². The van der Waals surface area contributed by atoms with Gasteiger partial charge in [0.25, 0.3) is 0 Å². The van der Waals surface area contributed by atoms with Gasteiger partial charge in [-0.05, 0) is 92.3 Å². The first-order valence-corrected chi connectivity index (χ1v) is 16.3. The summed E-state index contributed by atoms with van der Waals surface area (Å²) in [7, 11) is 0. The number of piperidine rings is 1. The molecule has 3 aromatic rings. The lowest BCUT2D eigenvalue weighted by Gasteiger charge is -2.64. The fourth-order valence-corrected chi connectivity index (χ4v) is 9.15. The van der Waals surface area contributed by atoms with E-state index in [-0.39, 0.29) is 24.5 Å². The van der Waals surface area contributed by atoms with Crippen LogP contribution >= 0.6 is 23.2 Å². The lowest BCUT2D eigenvalue weighted by Crippen LogP contribution is -2.76. The number of rotatable bonds is 7. The maximum absolute atomic E-state index is 13.5. The quantitative estimate of drug-likeness (QED) is 0.218. The molecule has 6 nitrogen and oxygen atoms in total. The second-order valence-electron chi connectivity index (χ2n) is 13.3. The lowest BCUT2D eigenvalue weighted by molar-refractivity contribution is -0.196. The zero-order valence-electron chi connectivity index (χ0n) is 24.2. The molecular weight excluding hydrogens is 583 g/mol. The first-order valence-electron chi connectivity index (χ1n) is 15.6. The number of halogens is 2. The van der Waals surface area contributed by atoms with E-state index in [0.717, 1.165) is 61.5 Å². The van der Waals surface area contributed by atoms with Crippen LogP contribution in [0.15, 0.2) is 54.6 Å². The monoisotopic (exact) mass is 618 g/mol. The summed E-state index contributed by atoms with van der Waals surface area (Å²) in [5, 5.41) is 16.9. The van der Waals surface area contributed by atoms with E-state index in [2.05, 4.69) is 23.2 Å². The van der Waals surface area contributed by atoms with Crippen molar-refractivity contribution in [2.24, 2.45) is 11.8 Å². The summed E-state index contributed by atoms with van der Waals surface area (Å²) < 4.78 is 12.9. The van der Waals surface area contributed by atoms with Crippen molar-refractivity contribution in [2.75, 3.05) is 18.4 Å². The highest BCUT2D eigenvalue weighted by molar-refractivity contribution is 6.39. The van der Waals surface area contributed by atoms with Crippen molar-refractivity contribution in [3.8, 4) is 11.5 Å². The van der Waals surface area contributed by atoms with E-state index in [0.29, 0.717) is 33.1 Å². The summed E-state index contributed by atoms with van der Waals surface area (Å²) in [6.07, 6.45) is 5.90. The number of nitrogens with zero attached hydrogens (tertiary/aromatic N) is 1. The van der Waals surface area contributed by atoms with Gasteiger partial charge in [0.1, 0.15) is 6.10 Å². The first-order chi connectivity index (χ1) is 20.8. The van der Waals surface area contributed by atoms with Crippen molar-refractivity contribution < 1.29 is 19.4 Å². The molecule has 8 rings (SSSR count). The molecule has 8 heteroatoms. The second kappa shape index (κ2) is 10.1. The summed E-state index contributed by atoms with van der Waals surface area (Å²) in [6.45, 7) is 4.30. The van der Waals surface area contributed by atoms with Gasteiger partial charge in [0.15, 0.2) is 11.5 Å². The molecule has 2 heterocycles. The fraction of sp³-hybridized carbons (Fsp3) is 0.457. The number of esters is 1. The average Bonchev–Trinajstić information content (AvgIpc) is 3.73. The van der Waals surface area contributed by atoms with Crippen LogP contribution in [0.1, 0.15) is 55.7 Å². The molecule has 2 aliphatic heterocycles. The summed E-state index contributed by atoms with van der Waals surface area (Å²) in [5.41, 5.74) is 3.09. The predicted octanol–water partition coefficient (Wildman–Crippen LogP) is 7.09. The number of hydrogen-bond donors (Lipinski definition) is 2. The standard InChI is InChI=1S/C35H36Cl2N2O4/c1-20-13-14-35(41)28-17-23-11-12-27(32-30(23)34(35,33(20)43-32)15-16-39(28)19-21-9-10-21)42-29(40)18-22-5-2-3-8-26(22)38-31-24(36)6-4-7-25(31)37/h2-8,11-12,20-21,28,33,38,41H,9-10,13-19H2,1H3/t20?,28-,33?,34+,35-/m1/s1. The minimum absolute atomic E-state index is 0.0505. The van der Waals surface area contributed by atoms with E-state index < -0.39 is 11.0 Å². The molecule has 5 aliphatic rings. The molecule has 1 spiro atoms.